The predicted octanol–water partition coefficient (Wildman–Crippen LogP) is 1.42. The van der Waals surface area contributed by atoms with Gasteiger partial charge in [0.2, 0.25) is 11.7 Å². The molecule has 0 spiro atoms. The number of benzene rings is 1. The summed E-state index contributed by atoms with van der Waals surface area (Å²) in [6.45, 7) is 0.379. The van der Waals surface area contributed by atoms with Crippen molar-refractivity contribution in [3.05, 3.63) is 60.0 Å². The van der Waals surface area contributed by atoms with Gasteiger partial charge in [0.25, 0.3) is 5.91 Å². The van der Waals surface area contributed by atoms with Crippen molar-refractivity contribution in [1.29, 1.82) is 0 Å². The summed E-state index contributed by atoms with van der Waals surface area (Å²) < 4.78 is 7.49. The van der Waals surface area contributed by atoms with Crippen LogP contribution in [0.5, 0.6) is 0 Å². The average Bonchev–Trinajstić information content (AvgIpc) is 3.36. The van der Waals surface area contributed by atoms with Crippen molar-refractivity contribution in [2.45, 2.75) is 12.6 Å². The lowest BCUT2D eigenvalue weighted by Crippen LogP contribution is -2.32. The van der Waals surface area contributed by atoms with Crippen LogP contribution in [0.2, 0.25) is 0 Å². The van der Waals surface area contributed by atoms with Crippen molar-refractivity contribution in [2.24, 2.45) is 7.05 Å². The van der Waals surface area contributed by atoms with E-state index in [1.54, 1.807) is 22.8 Å². The molecule has 25 heavy (non-hydrogen) atoms. The lowest BCUT2D eigenvalue weighted by molar-refractivity contribution is 0.0679. The fourth-order valence-electron chi connectivity index (χ4n) is 3.15. The molecular weight excluding hydrogens is 322 g/mol. The highest BCUT2D eigenvalue weighted by molar-refractivity contribution is 5.91. The van der Waals surface area contributed by atoms with Gasteiger partial charge in [-0.25, -0.2) is 9.97 Å². The van der Waals surface area contributed by atoms with Gasteiger partial charge in [0.15, 0.2) is 11.6 Å². The van der Waals surface area contributed by atoms with Crippen LogP contribution in [0.1, 0.15) is 33.9 Å². The second kappa shape index (κ2) is 5.00. The summed E-state index contributed by atoms with van der Waals surface area (Å²) in [6.07, 6.45) is 3.11. The van der Waals surface area contributed by atoms with E-state index >= 15 is 0 Å². The third-order valence-corrected chi connectivity index (χ3v) is 4.36. The number of aromatic nitrogens is 6. The zero-order valence-electron chi connectivity index (χ0n) is 13.2. The Morgan fingerprint density at radius 3 is 3.04 bits per heavy atom. The molecule has 1 atom stereocenters. The van der Waals surface area contributed by atoms with Gasteiger partial charge >= 0.3 is 0 Å². The van der Waals surface area contributed by atoms with Gasteiger partial charge in [-0.1, -0.05) is 12.1 Å². The molecule has 0 saturated heterocycles. The number of imidazole rings is 1. The van der Waals surface area contributed by atoms with E-state index in [1.165, 1.54) is 6.33 Å². The molecular formula is C16H13N7O2. The van der Waals surface area contributed by atoms with Gasteiger partial charge in [-0.3, -0.25) is 4.79 Å². The topological polar surface area (TPSA) is 106 Å². The summed E-state index contributed by atoms with van der Waals surface area (Å²) in [7, 11) is 1.73. The van der Waals surface area contributed by atoms with Crippen molar-refractivity contribution in [2.75, 3.05) is 0 Å². The molecule has 1 aromatic carbocycles. The molecule has 1 N–H and O–H groups in total. The van der Waals surface area contributed by atoms with E-state index in [4.69, 9.17) is 4.42 Å². The second-order valence-electron chi connectivity index (χ2n) is 5.89. The summed E-state index contributed by atoms with van der Waals surface area (Å²) in [5, 5.41) is 7.70. The van der Waals surface area contributed by atoms with Crippen molar-refractivity contribution in [3.8, 4) is 0 Å². The predicted molar refractivity (Wildman–Crippen MR) is 85.3 cm³/mol. The van der Waals surface area contributed by atoms with E-state index in [2.05, 4.69) is 25.1 Å². The van der Waals surface area contributed by atoms with Crippen LogP contribution < -0.4 is 0 Å². The number of aromatic amines is 1. The first-order valence-electron chi connectivity index (χ1n) is 7.75. The van der Waals surface area contributed by atoms with E-state index in [1.807, 2.05) is 24.3 Å². The molecule has 0 unspecified atom stereocenters. The van der Waals surface area contributed by atoms with Crippen LogP contribution >= 0.6 is 0 Å². The number of H-pyrrole nitrogens is 1. The number of carbonyl (C=O) groups excluding carboxylic acids is 1. The molecule has 124 valence electrons. The Morgan fingerprint density at radius 1 is 1.36 bits per heavy atom. The highest BCUT2D eigenvalue weighted by Gasteiger charge is 2.41. The maximum atomic E-state index is 13.0. The number of hydrogen-bond acceptors (Lipinski definition) is 6. The number of nitrogens with one attached hydrogen (secondary N) is 1. The number of amides is 1. The SMILES string of the molecule is Cn1cnnc1C(=O)N1Cc2[nH]cnc2[C@@H]1c1nc2ccccc2o1. The number of oxazole rings is 1. The van der Waals surface area contributed by atoms with E-state index in [-0.39, 0.29) is 11.7 Å². The molecule has 4 aromatic rings. The summed E-state index contributed by atoms with van der Waals surface area (Å²) in [5.41, 5.74) is 3.02. The van der Waals surface area contributed by atoms with Crippen LogP contribution in [0.25, 0.3) is 11.1 Å². The zero-order chi connectivity index (χ0) is 17.0. The molecule has 9 nitrogen and oxygen atoms in total. The highest BCUT2D eigenvalue weighted by atomic mass is 16.4. The first-order chi connectivity index (χ1) is 12.2. The first-order valence-corrected chi connectivity index (χ1v) is 7.75. The molecule has 0 bridgehead atoms. The summed E-state index contributed by atoms with van der Waals surface area (Å²) >= 11 is 0. The van der Waals surface area contributed by atoms with E-state index in [0.717, 1.165) is 16.9 Å². The van der Waals surface area contributed by atoms with Crippen LogP contribution in [0.15, 0.2) is 41.3 Å². The molecule has 1 aliphatic rings. The van der Waals surface area contributed by atoms with Gasteiger partial charge in [-0.2, -0.15) is 0 Å². The first kappa shape index (κ1) is 13.9. The molecule has 1 amide bonds. The third-order valence-electron chi connectivity index (χ3n) is 4.36. The standard InChI is InChI=1S/C16H13N7O2/c1-22-8-19-21-14(22)16(24)23-6-10-12(18-7-17-10)13(23)15-20-9-4-2-3-5-11(9)25-15/h2-5,7-8,13H,6H2,1H3,(H,17,18)/t13-/m1/s1. The molecule has 9 heteroatoms. The van der Waals surface area contributed by atoms with Gasteiger partial charge in [0, 0.05) is 7.05 Å². The van der Waals surface area contributed by atoms with E-state index in [9.17, 15) is 4.79 Å². The molecule has 0 saturated carbocycles. The van der Waals surface area contributed by atoms with Crippen molar-refractivity contribution in [1.82, 2.24) is 34.6 Å². The fraction of sp³-hybridized carbons (Fsp3) is 0.188. The van der Waals surface area contributed by atoms with Gasteiger partial charge in [0.05, 0.1) is 24.3 Å². The van der Waals surface area contributed by atoms with E-state index in [0.29, 0.717) is 18.0 Å². The molecule has 5 rings (SSSR count). The van der Waals surface area contributed by atoms with Crippen LogP contribution in [0.4, 0.5) is 0 Å². The Labute approximate surface area is 141 Å². The summed E-state index contributed by atoms with van der Waals surface area (Å²) in [5.74, 6) is 0.437. The lowest BCUT2D eigenvalue weighted by Gasteiger charge is -2.21. The minimum Gasteiger partial charge on any atom is -0.438 e. The Kier molecular flexibility index (Phi) is 2.78. The van der Waals surface area contributed by atoms with Crippen molar-refractivity contribution in [3.63, 3.8) is 0 Å². The number of carbonyl (C=O) groups is 1. The molecule has 4 heterocycles. The van der Waals surface area contributed by atoms with Crippen LogP contribution in [0, 0.1) is 0 Å². The fourth-order valence-corrected chi connectivity index (χ4v) is 3.15. The summed E-state index contributed by atoms with van der Waals surface area (Å²) in [4.78, 5) is 26.6. The molecule has 0 fully saturated rings. The normalized spacial score (nSPS) is 16.5. The Bertz CT molecular complexity index is 1060. The average molecular weight is 335 g/mol. The minimum absolute atomic E-state index is 0.251. The van der Waals surface area contributed by atoms with Gasteiger partial charge in [-0.15, -0.1) is 10.2 Å². The maximum Gasteiger partial charge on any atom is 0.293 e. The number of hydrogen-bond donors (Lipinski definition) is 1. The number of rotatable bonds is 2. The van der Waals surface area contributed by atoms with Crippen LogP contribution in [-0.2, 0) is 13.6 Å². The Hall–Kier alpha value is -3.49. The zero-order valence-corrected chi connectivity index (χ0v) is 13.2. The Balaban J connectivity index is 1.63. The van der Waals surface area contributed by atoms with Crippen molar-refractivity contribution >= 4 is 17.0 Å². The maximum absolute atomic E-state index is 13.0. The van der Waals surface area contributed by atoms with Crippen molar-refractivity contribution < 1.29 is 9.21 Å². The van der Waals surface area contributed by atoms with Crippen LogP contribution in [-0.4, -0.2) is 40.5 Å². The third kappa shape index (κ3) is 1.98. The molecule has 3 aromatic heterocycles. The smallest absolute Gasteiger partial charge is 0.293 e. The number of para-hydroxylation sites is 2. The largest absolute Gasteiger partial charge is 0.438 e. The number of aryl methyl sites for hydroxylation is 1. The quantitative estimate of drug-likeness (QED) is 0.594. The summed E-state index contributed by atoms with van der Waals surface area (Å²) in [6, 6.07) is 7.00. The van der Waals surface area contributed by atoms with Gasteiger partial charge in [0.1, 0.15) is 11.8 Å². The number of fused-ring (bicyclic) bond motifs is 2. The lowest BCUT2D eigenvalue weighted by atomic mass is 10.2. The molecule has 0 radical (unpaired) electrons. The highest BCUT2D eigenvalue weighted by Crippen LogP contribution is 2.38. The second-order valence-corrected chi connectivity index (χ2v) is 5.89. The van der Waals surface area contributed by atoms with E-state index < -0.39 is 6.04 Å². The van der Waals surface area contributed by atoms with Gasteiger partial charge < -0.3 is 18.9 Å². The Morgan fingerprint density at radius 2 is 2.24 bits per heavy atom. The van der Waals surface area contributed by atoms with Gasteiger partial charge in [-0.05, 0) is 12.1 Å². The molecule has 1 aliphatic heterocycles. The monoisotopic (exact) mass is 335 g/mol. The molecule has 0 aliphatic carbocycles. The van der Waals surface area contributed by atoms with Crippen LogP contribution in [0.3, 0.4) is 0 Å². The number of nitrogens with zero attached hydrogens (tertiary/aromatic N) is 6. The minimum atomic E-state index is -0.502.